The number of anilines is 1. The molecule has 106 valence electrons. The lowest BCUT2D eigenvalue weighted by atomic mass is 10.1. The molecule has 0 fully saturated rings. The maximum absolute atomic E-state index is 12.5. The van der Waals surface area contributed by atoms with E-state index in [0.29, 0.717) is 5.69 Å². The van der Waals surface area contributed by atoms with Gasteiger partial charge in [0.15, 0.2) is 0 Å². The van der Waals surface area contributed by atoms with E-state index in [-0.39, 0.29) is 5.91 Å². The number of aromatic amines is 1. The maximum atomic E-state index is 12.5. The van der Waals surface area contributed by atoms with E-state index in [2.05, 4.69) is 17.2 Å². The SMILES string of the molecule is CCc1cccc(C)c1NC(=O)c1cc2ccccc2[nH]1. The Hall–Kier alpha value is -2.55. The maximum Gasteiger partial charge on any atom is 0.272 e. The van der Waals surface area contributed by atoms with Gasteiger partial charge in [-0.25, -0.2) is 0 Å². The molecule has 21 heavy (non-hydrogen) atoms. The van der Waals surface area contributed by atoms with Gasteiger partial charge in [-0.2, -0.15) is 0 Å². The number of carbonyl (C=O) groups excluding carboxylic acids is 1. The van der Waals surface area contributed by atoms with Gasteiger partial charge in [-0.3, -0.25) is 4.79 Å². The Labute approximate surface area is 124 Å². The molecular formula is C18H18N2O. The van der Waals surface area contributed by atoms with Gasteiger partial charge in [-0.15, -0.1) is 0 Å². The lowest BCUT2D eigenvalue weighted by molar-refractivity contribution is 0.102. The molecule has 2 aromatic carbocycles. The van der Waals surface area contributed by atoms with Gasteiger partial charge in [0.2, 0.25) is 0 Å². The van der Waals surface area contributed by atoms with E-state index < -0.39 is 0 Å². The summed E-state index contributed by atoms with van der Waals surface area (Å²) < 4.78 is 0. The summed E-state index contributed by atoms with van der Waals surface area (Å²) in [6.45, 7) is 4.10. The van der Waals surface area contributed by atoms with E-state index >= 15 is 0 Å². The number of carbonyl (C=O) groups is 1. The number of benzene rings is 2. The molecule has 0 bridgehead atoms. The van der Waals surface area contributed by atoms with Crippen LogP contribution >= 0.6 is 0 Å². The lowest BCUT2D eigenvalue weighted by Crippen LogP contribution is -2.14. The molecule has 0 radical (unpaired) electrons. The third kappa shape index (κ3) is 2.55. The van der Waals surface area contributed by atoms with Crippen molar-refractivity contribution in [2.24, 2.45) is 0 Å². The second-order valence-corrected chi connectivity index (χ2v) is 5.19. The van der Waals surface area contributed by atoms with Gasteiger partial charge in [-0.05, 0) is 36.6 Å². The minimum absolute atomic E-state index is 0.102. The predicted molar refractivity (Wildman–Crippen MR) is 86.8 cm³/mol. The quantitative estimate of drug-likeness (QED) is 0.737. The number of hydrogen-bond donors (Lipinski definition) is 2. The average molecular weight is 278 g/mol. The Morgan fingerprint density at radius 1 is 1.14 bits per heavy atom. The second-order valence-electron chi connectivity index (χ2n) is 5.19. The van der Waals surface area contributed by atoms with Gasteiger partial charge in [0.1, 0.15) is 5.69 Å². The van der Waals surface area contributed by atoms with Crippen LogP contribution in [0.1, 0.15) is 28.5 Å². The molecule has 3 rings (SSSR count). The molecule has 0 aliphatic carbocycles. The number of aromatic nitrogens is 1. The first-order valence-electron chi connectivity index (χ1n) is 7.16. The fourth-order valence-corrected chi connectivity index (χ4v) is 2.58. The average Bonchev–Trinajstić information content (AvgIpc) is 2.93. The highest BCUT2D eigenvalue weighted by Gasteiger charge is 2.12. The number of hydrogen-bond acceptors (Lipinski definition) is 1. The first kappa shape index (κ1) is 13.4. The van der Waals surface area contributed by atoms with Crippen molar-refractivity contribution in [1.82, 2.24) is 4.98 Å². The van der Waals surface area contributed by atoms with Crippen LogP contribution in [0.4, 0.5) is 5.69 Å². The fourth-order valence-electron chi connectivity index (χ4n) is 2.58. The zero-order valence-electron chi connectivity index (χ0n) is 12.2. The van der Waals surface area contributed by atoms with Gasteiger partial charge in [0.25, 0.3) is 5.91 Å². The first-order valence-corrected chi connectivity index (χ1v) is 7.16. The zero-order valence-corrected chi connectivity index (χ0v) is 12.2. The van der Waals surface area contributed by atoms with Gasteiger partial charge in [-0.1, -0.05) is 43.3 Å². The number of fused-ring (bicyclic) bond motifs is 1. The highest BCUT2D eigenvalue weighted by Crippen LogP contribution is 2.22. The van der Waals surface area contributed by atoms with Crippen LogP contribution in [0.3, 0.4) is 0 Å². The number of H-pyrrole nitrogens is 1. The van der Waals surface area contributed by atoms with Crippen LogP contribution < -0.4 is 5.32 Å². The minimum Gasteiger partial charge on any atom is -0.351 e. The monoisotopic (exact) mass is 278 g/mol. The molecule has 1 heterocycles. The Kier molecular flexibility index (Phi) is 3.48. The van der Waals surface area contributed by atoms with E-state index in [1.807, 2.05) is 55.5 Å². The van der Waals surface area contributed by atoms with E-state index in [1.165, 1.54) is 0 Å². The van der Waals surface area contributed by atoms with E-state index in [4.69, 9.17) is 0 Å². The van der Waals surface area contributed by atoms with Crippen LogP contribution in [0, 0.1) is 6.92 Å². The van der Waals surface area contributed by atoms with Crippen molar-refractivity contribution in [1.29, 1.82) is 0 Å². The van der Waals surface area contributed by atoms with Crippen molar-refractivity contribution in [2.75, 3.05) is 5.32 Å². The van der Waals surface area contributed by atoms with Crippen molar-refractivity contribution in [3.8, 4) is 0 Å². The smallest absolute Gasteiger partial charge is 0.272 e. The summed E-state index contributed by atoms with van der Waals surface area (Å²) in [6.07, 6.45) is 0.893. The Morgan fingerprint density at radius 2 is 1.95 bits per heavy atom. The summed E-state index contributed by atoms with van der Waals surface area (Å²) in [6, 6.07) is 15.9. The molecular weight excluding hydrogens is 260 g/mol. The van der Waals surface area contributed by atoms with Crippen LogP contribution in [0.2, 0.25) is 0 Å². The summed E-state index contributed by atoms with van der Waals surface area (Å²) >= 11 is 0. The van der Waals surface area contributed by atoms with Gasteiger partial charge < -0.3 is 10.3 Å². The summed E-state index contributed by atoms with van der Waals surface area (Å²) in [5, 5.41) is 4.08. The molecule has 0 saturated carbocycles. The van der Waals surface area contributed by atoms with Crippen LogP contribution in [-0.2, 0) is 6.42 Å². The molecule has 3 nitrogen and oxygen atoms in total. The highest BCUT2D eigenvalue weighted by molar-refractivity contribution is 6.06. The van der Waals surface area contributed by atoms with Crippen molar-refractivity contribution in [2.45, 2.75) is 20.3 Å². The molecule has 0 saturated heterocycles. The molecule has 3 heteroatoms. The summed E-state index contributed by atoms with van der Waals surface area (Å²) in [5.41, 5.74) is 4.71. The number of aryl methyl sites for hydroxylation is 2. The molecule has 0 atom stereocenters. The largest absolute Gasteiger partial charge is 0.351 e. The molecule has 1 amide bonds. The van der Waals surface area contributed by atoms with Crippen LogP contribution in [0.15, 0.2) is 48.5 Å². The molecule has 1 aromatic heterocycles. The van der Waals surface area contributed by atoms with Crippen LogP contribution in [0.5, 0.6) is 0 Å². The van der Waals surface area contributed by atoms with Gasteiger partial charge >= 0.3 is 0 Å². The fraction of sp³-hybridized carbons (Fsp3) is 0.167. The molecule has 0 spiro atoms. The van der Waals surface area contributed by atoms with E-state index in [9.17, 15) is 4.79 Å². The second kappa shape index (κ2) is 5.44. The van der Waals surface area contributed by atoms with Crippen LogP contribution in [0.25, 0.3) is 10.9 Å². The predicted octanol–water partition coefficient (Wildman–Crippen LogP) is 4.29. The minimum atomic E-state index is -0.102. The van der Waals surface area contributed by atoms with Gasteiger partial charge in [0.05, 0.1) is 0 Å². The third-order valence-electron chi connectivity index (χ3n) is 3.75. The van der Waals surface area contributed by atoms with Crippen molar-refractivity contribution in [3.63, 3.8) is 0 Å². The Balaban J connectivity index is 1.93. The lowest BCUT2D eigenvalue weighted by Gasteiger charge is -2.12. The molecule has 0 aliphatic heterocycles. The van der Waals surface area contributed by atoms with Crippen LogP contribution in [-0.4, -0.2) is 10.9 Å². The Morgan fingerprint density at radius 3 is 2.71 bits per heavy atom. The summed E-state index contributed by atoms with van der Waals surface area (Å²) in [7, 11) is 0. The topological polar surface area (TPSA) is 44.9 Å². The summed E-state index contributed by atoms with van der Waals surface area (Å²) in [5.74, 6) is -0.102. The molecule has 0 unspecified atom stereocenters. The molecule has 3 aromatic rings. The third-order valence-corrected chi connectivity index (χ3v) is 3.75. The van der Waals surface area contributed by atoms with E-state index in [0.717, 1.165) is 34.1 Å². The van der Waals surface area contributed by atoms with Gasteiger partial charge in [0, 0.05) is 16.6 Å². The normalized spacial score (nSPS) is 10.8. The number of nitrogens with one attached hydrogen (secondary N) is 2. The van der Waals surface area contributed by atoms with E-state index in [1.54, 1.807) is 0 Å². The molecule has 0 aliphatic rings. The van der Waals surface area contributed by atoms with Crippen molar-refractivity contribution in [3.05, 3.63) is 65.4 Å². The number of para-hydroxylation sites is 2. The number of rotatable bonds is 3. The Bertz CT molecular complexity index is 769. The highest BCUT2D eigenvalue weighted by atomic mass is 16.1. The standard InChI is InChI=1S/C18H18N2O/c1-3-13-9-6-7-12(2)17(13)20-18(21)16-11-14-8-4-5-10-15(14)19-16/h4-11,19H,3H2,1-2H3,(H,20,21). The van der Waals surface area contributed by atoms with Crippen molar-refractivity contribution >= 4 is 22.5 Å². The van der Waals surface area contributed by atoms with Crippen molar-refractivity contribution < 1.29 is 4.79 Å². The molecule has 2 N–H and O–H groups in total. The summed E-state index contributed by atoms with van der Waals surface area (Å²) in [4.78, 5) is 15.6. The number of amides is 1. The zero-order chi connectivity index (χ0) is 14.8. The first-order chi connectivity index (χ1) is 10.2.